The zero-order valence-corrected chi connectivity index (χ0v) is 20.2. The molecule has 8 heteroatoms. The van der Waals surface area contributed by atoms with Gasteiger partial charge in [0.15, 0.2) is 0 Å². The number of hydrogen-bond donors (Lipinski definition) is 1. The minimum Gasteiger partial charge on any atom is -0.338 e. The van der Waals surface area contributed by atoms with Gasteiger partial charge in [-0.05, 0) is 63.7 Å². The fourth-order valence-electron chi connectivity index (χ4n) is 5.20. The number of rotatable bonds is 6. The summed E-state index contributed by atoms with van der Waals surface area (Å²) in [7, 11) is 0. The van der Waals surface area contributed by atoms with E-state index in [0.717, 1.165) is 32.6 Å². The Bertz CT molecular complexity index is 972. The van der Waals surface area contributed by atoms with Crippen molar-refractivity contribution in [1.29, 1.82) is 5.26 Å². The van der Waals surface area contributed by atoms with Crippen LogP contribution >= 0.6 is 0 Å². The first-order chi connectivity index (χ1) is 16.5. The number of amides is 2. The number of aromatic nitrogens is 2. The van der Waals surface area contributed by atoms with Crippen molar-refractivity contribution in [3.8, 4) is 6.07 Å². The third-order valence-electron chi connectivity index (χ3n) is 6.98. The maximum absolute atomic E-state index is 13.0. The molecule has 1 aromatic carbocycles. The first-order valence-electron chi connectivity index (χ1n) is 12.3. The number of anilines is 1. The zero-order valence-electron chi connectivity index (χ0n) is 20.2. The lowest BCUT2D eigenvalue weighted by molar-refractivity contribution is 0.139. The van der Waals surface area contributed by atoms with E-state index in [1.807, 2.05) is 4.90 Å². The Hall–Kier alpha value is -3.18. The van der Waals surface area contributed by atoms with Crippen LogP contribution in [0.4, 0.5) is 10.7 Å². The average molecular weight is 462 g/mol. The summed E-state index contributed by atoms with van der Waals surface area (Å²) in [4.78, 5) is 28.1. The summed E-state index contributed by atoms with van der Waals surface area (Å²) >= 11 is 0. The van der Waals surface area contributed by atoms with Gasteiger partial charge in [0, 0.05) is 44.5 Å². The Kier molecular flexibility index (Phi) is 7.96. The molecule has 0 aliphatic carbocycles. The van der Waals surface area contributed by atoms with E-state index < -0.39 is 0 Å². The topological polar surface area (TPSA) is 88.4 Å². The van der Waals surface area contributed by atoms with Gasteiger partial charge in [-0.1, -0.05) is 30.3 Å². The van der Waals surface area contributed by atoms with Crippen molar-refractivity contribution in [1.82, 2.24) is 25.1 Å². The molecule has 2 aliphatic rings. The van der Waals surface area contributed by atoms with Crippen molar-refractivity contribution < 1.29 is 4.79 Å². The maximum Gasteiger partial charge on any atom is 0.318 e. The van der Waals surface area contributed by atoms with E-state index >= 15 is 0 Å². The van der Waals surface area contributed by atoms with Crippen molar-refractivity contribution in [2.45, 2.75) is 51.7 Å². The monoisotopic (exact) mass is 461 g/mol. The summed E-state index contributed by atoms with van der Waals surface area (Å²) in [5, 5.41) is 12.3. The summed E-state index contributed by atoms with van der Waals surface area (Å²) in [6, 6.07) is 14.4. The SMILES string of the molecule is C[C@@H]1CN(c2nccc(C#N)n2)C[C@H](C)N1C(=O)NCCC1CCN(Cc2ccccc2)CC1. The van der Waals surface area contributed by atoms with E-state index in [1.165, 1.54) is 18.4 Å². The van der Waals surface area contributed by atoms with Crippen molar-refractivity contribution in [2.24, 2.45) is 5.92 Å². The molecule has 1 aromatic heterocycles. The molecule has 0 spiro atoms. The van der Waals surface area contributed by atoms with Crippen LogP contribution in [-0.2, 0) is 6.54 Å². The lowest BCUT2D eigenvalue weighted by Gasteiger charge is -2.44. The minimum atomic E-state index is 0.00728. The molecule has 2 aromatic rings. The highest BCUT2D eigenvalue weighted by atomic mass is 16.2. The van der Waals surface area contributed by atoms with Gasteiger partial charge in [-0.2, -0.15) is 5.26 Å². The average Bonchev–Trinajstić information content (AvgIpc) is 2.85. The number of nitrogens with zero attached hydrogens (tertiary/aromatic N) is 6. The molecule has 180 valence electrons. The molecule has 0 unspecified atom stereocenters. The van der Waals surface area contributed by atoms with Crippen molar-refractivity contribution in [3.63, 3.8) is 0 Å². The van der Waals surface area contributed by atoms with Gasteiger partial charge in [0.2, 0.25) is 5.95 Å². The van der Waals surface area contributed by atoms with Gasteiger partial charge in [0.05, 0.1) is 0 Å². The van der Waals surface area contributed by atoms with Crippen molar-refractivity contribution >= 4 is 12.0 Å². The predicted molar refractivity (Wildman–Crippen MR) is 132 cm³/mol. The molecule has 3 heterocycles. The van der Waals surface area contributed by atoms with E-state index in [2.05, 4.69) is 75.3 Å². The largest absolute Gasteiger partial charge is 0.338 e. The van der Waals surface area contributed by atoms with E-state index in [1.54, 1.807) is 12.3 Å². The van der Waals surface area contributed by atoms with Crippen LogP contribution in [0.15, 0.2) is 42.6 Å². The lowest BCUT2D eigenvalue weighted by atomic mass is 9.93. The molecule has 2 fully saturated rings. The fourth-order valence-corrected chi connectivity index (χ4v) is 5.20. The molecule has 0 saturated carbocycles. The molecule has 0 radical (unpaired) electrons. The second kappa shape index (κ2) is 11.3. The fraction of sp³-hybridized carbons (Fsp3) is 0.538. The molecule has 2 saturated heterocycles. The van der Waals surface area contributed by atoms with E-state index in [0.29, 0.717) is 30.6 Å². The molecule has 2 aliphatic heterocycles. The molecule has 0 bridgehead atoms. The number of benzene rings is 1. The van der Waals surface area contributed by atoms with Gasteiger partial charge in [-0.25, -0.2) is 14.8 Å². The summed E-state index contributed by atoms with van der Waals surface area (Å²) in [5.41, 5.74) is 1.73. The van der Waals surface area contributed by atoms with Crippen LogP contribution < -0.4 is 10.2 Å². The number of carbonyl (C=O) groups excluding carboxylic acids is 1. The number of nitrogens with one attached hydrogen (secondary N) is 1. The Morgan fingerprint density at radius 3 is 2.50 bits per heavy atom. The lowest BCUT2D eigenvalue weighted by Crippen LogP contribution is -2.61. The Labute approximate surface area is 202 Å². The van der Waals surface area contributed by atoms with Gasteiger partial charge >= 0.3 is 6.03 Å². The van der Waals surface area contributed by atoms with Crippen molar-refractivity contribution in [2.75, 3.05) is 37.6 Å². The molecule has 34 heavy (non-hydrogen) atoms. The summed E-state index contributed by atoms with van der Waals surface area (Å²) < 4.78 is 0. The number of likely N-dealkylation sites (tertiary alicyclic amines) is 1. The van der Waals surface area contributed by atoms with Crippen LogP contribution in [0.2, 0.25) is 0 Å². The number of hydrogen-bond acceptors (Lipinski definition) is 6. The molecular weight excluding hydrogens is 426 g/mol. The van der Waals surface area contributed by atoms with Gasteiger partial charge < -0.3 is 15.1 Å². The predicted octanol–water partition coefficient (Wildman–Crippen LogP) is 3.26. The number of carbonyl (C=O) groups is 1. The Morgan fingerprint density at radius 1 is 1.12 bits per heavy atom. The van der Waals surface area contributed by atoms with Gasteiger partial charge in [0.25, 0.3) is 0 Å². The maximum atomic E-state index is 13.0. The third kappa shape index (κ3) is 6.03. The summed E-state index contributed by atoms with van der Waals surface area (Å²) in [6.45, 7) is 9.39. The smallest absolute Gasteiger partial charge is 0.318 e. The molecular formula is C26H35N7O. The zero-order chi connectivity index (χ0) is 23.9. The highest BCUT2D eigenvalue weighted by Gasteiger charge is 2.34. The number of urea groups is 1. The minimum absolute atomic E-state index is 0.00728. The van der Waals surface area contributed by atoms with Crippen LogP contribution in [0, 0.1) is 17.2 Å². The number of nitriles is 1. The van der Waals surface area contributed by atoms with E-state index in [9.17, 15) is 4.79 Å². The standard InChI is InChI=1S/C26H35N7O/c1-20-17-32(25-28-13-9-24(16-27)30-25)18-21(2)33(20)26(34)29-12-8-22-10-14-31(15-11-22)19-23-6-4-3-5-7-23/h3-7,9,13,20-22H,8,10-12,14-15,17-19H2,1-2H3,(H,29,34)/t20-,21+. The Morgan fingerprint density at radius 2 is 1.82 bits per heavy atom. The van der Waals surface area contributed by atoms with Crippen molar-refractivity contribution in [3.05, 3.63) is 53.9 Å². The van der Waals surface area contributed by atoms with Crippen LogP contribution in [-0.4, -0.2) is 70.6 Å². The first kappa shape index (κ1) is 24.0. The van der Waals surface area contributed by atoms with E-state index in [4.69, 9.17) is 5.26 Å². The second-order valence-electron chi connectivity index (χ2n) is 9.59. The van der Waals surface area contributed by atoms with Crippen LogP contribution in [0.5, 0.6) is 0 Å². The van der Waals surface area contributed by atoms with Gasteiger partial charge in [0.1, 0.15) is 11.8 Å². The molecule has 8 nitrogen and oxygen atoms in total. The third-order valence-corrected chi connectivity index (χ3v) is 6.98. The number of piperidine rings is 1. The van der Waals surface area contributed by atoms with Gasteiger partial charge in [-0.15, -0.1) is 0 Å². The van der Waals surface area contributed by atoms with Crippen LogP contribution in [0.1, 0.15) is 44.4 Å². The van der Waals surface area contributed by atoms with Crippen LogP contribution in [0.25, 0.3) is 0 Å². The normalized spacial score (nSPS) is 21.8. The molecule has 4 rings (SSSR count). The Balaban J connectivity index is 1.20. The quantitative estimate of drug-likeness (QED) is 0.710. The molecule has 2 atom stereocenters. The van der Waals surface area contributed by atoms with Gasteiger partial charge in [-0.3, -0.25) is 4.90 Å². The molecule has 2 amide bonds. The van der Waals surface area contributed by atoms with E-state index in [-0.39, 0.29) is 18.1 Å². The highest BCUT2D eigenvalue weighted by molar-refractivity contribution is 5.75. The summed E-state index contributed by atoms with van der Waals surface area (Å²) in [6.07, 6.45) is 5.02. The van der Waals surface area contributed by atoms with Crippen LogP contribution in [0.3, 0.4) is 0 Å². The highest BCUT2D eigenvalue weighted by Crippen LogP contribution is 2.22. The second-order valence-corrected chi connectivity index (χ2v) is 9.59. The number of piperazine rings is 1. The molecule has 1 N–H and O–H groups in total. The first-order valence-corrected chi connectivity index (χ1v) is 12.3. The summed E-state index contributed by atoms with van der Waals surface area (Å²) in [5.74, 6) is 1.22.